The van der Waals surface area contributed by atoms with E-state index in [2.05, 4.69) is 5.32 Å². The van der Waals surface area contributed by atoms with Crippen LogP contribution >= 0.6 is 0 Å². The number of nitrogens with two attached hydrogens (primary N) is 1. The second-order valence-electron chi connectivity index (χ2n) is 5.35. The van der Waals surface area contributed by atoms with E-state index in [9.17, 15) is 4.79 Å². The summed E-state index contributed by atoms with van der Waals surface area (Å²) in [6.07, 6.45) is 0.852. The van der Waals surface area contributed by atoms with Crippen LogP contribution in [0.1, 0.15) is 18.0 Å². The van der Waals surface area contributed by atoms with Crippen molar-refractivity contribution in [1.29, 1.82) is 0 Å². The van der Waals surface area contributed by atoms with Gasteiger partial charge in [-0.05, 0) is 31.8 Å². The summed E-state index contributed by atoms with van der Waals surface area (Å²) in [5, 5.41) is 3.18. The first-order valence-corrected chi connectivity index (χ1v) is 7.15. The molecular formula is C15H23N3O3. The molecule has 2 rings (SSSR count). The van der Waals surface area contributed by atoms with Crippen molar-refractivity contribution in [3.63, 3.8) is 0 Å². The number of rotatable bonds is 6. The predicted molar refractivity (Wildman–Crippen MR) is 80.5 cm³/mol. The number of fused-ring (bicyclic) bond motifs is 1. The van der Waals surface area contributed by atoms with E-state index in [-0.39, 0.29) is 0 Å². The zero-order chi connectivity index (χ0) is 15.2. The number of hydrogen-bond donors (Lipinski definition) is 2. The SMILES string of the molecule is CN(C)CCNC(C(N)=O)c1ccc2c(c1)OCCCO2. The lowest BCUT2D eigenvalue weighted by molar-refractivity contribution is -0.120. The highest BCUT2D eigenvalue weighted by molar-refractivity contribution is 5.81. The van der Waals surface area contributed by atoms with E-state index in [0.717, 1.165) is 18.5 Å². The van der Waals surface area contributed by atoms with Crippen molar-refractivity contribution < 1.29 is 14.3 Å². The maximum Gasteiger partial charge on any atom is 0.239 e. The topological polar surface area (TPSA) is 76.8 Å². The lowest BCUT2D eigenvalue weighted by Crippen LogP contribution is -2.37. The third-order valence-corrected chi connectivity index (χ3v) is 3.30. The van der Waals surface area contributed by atoms with E-state index >= 15 is 0 Å². The quantitative estimate of drug-likeness (QED) is 0.800. The van der Waals surface area contributed by atoms with Gasteiger partial charge in [0, 0.05) is 19.5 Å². The molecule has 0 fully saturated rings. The molecular weight excluding hydrogens is 270 g/mol. The number of hydrogen-bond acceptors (Lipinski definition) is 5. The van der Waals surface area contributed by atoms with Crippen LogP contribution in [0.15, 0.2) is 18.2 Å². The van der Waals surface area contributed by atoms with Gasteiger partial charge in [0.2, 0.25) is 5.91 Å². The van der Waals surface area contributed by atoms with Gasteiger partial charge in [-0.15, -0.1) is 0 Å². The Hall–Kier alpha value is -1.79. The highest BCUT2D eigenvalue weighted by atomic mass is 16.5. The van der Waals surface area contributed by atoms with E-state index in [1.54, 1.807) is 0 Å². The molecule has 0 saturated carbocycles. The maximum atomic E-state index is 11.7. The number of nitrogens with zero attached hydrogens (tertiary/aromatic N) is 1. The second kappa shape index (κ2) is 7.28. The Kier molecular flexibility index (Phi) is 5.41. The fourth-order valence-electron chi connectivity index (χ4n) is 2.17. The van der Waals surface area contributed by atoms with Crippen molar-refractivity contribution in [3.8, 4) is 11.5 Å². The first-order chi connectivity index (χ1) is 10.1. The Morgan fingerprint density at radius 3 is 2.71 bits per heavy atom. The zero-order valence-electron chi connectivity index (χ0n) is 12.6. The number of carbonyl (C=O) groups is 1. The van der Waals surface area contributed by atoms with Crippen molar-refractivity contribution >= 4 is 5.91 Å². The van der Waals surface area contributed by atoms with Crippen LogP contribution in [0, 0.1) is 0 Å². The van der Waals surface area contributed by atoms with Gasteiger partial charge in [-0.25, -0.2) is 0 Å². The normalized spacial score (nSPS) is 15.6. The third-order valence-electron chi connectivity index (χ3n) is 3.30. The van der Waals surface area contributed by atoms with Gasteiger partial charge in [0.15, 0.2) is 11.5 Å². The minimum absolute atomic E-state index is 0.400. The molecule has 6 heteroatoms. The van der Waals surface area contributed by atoms with Crippen molar-refractivity contribution in [1.82, 2.24) is 10.2 Å². The number of primary amides is 1. The number of amides is 1. The van der Waals surface area contributed by atoms with Gasteiger partial charge in [0.1, 0.15) is 6.04 Å². The molecule has 1 atom stereocenters. The number of likely N-dealkylation sites (N-methyl/N-ethyl adjacent to an activating group) is 1. The van der Waals surface area contributed by atoms with E-state index in [4.69, 9.17) is 15.2 Å². The Morgan fingerprint density at radius 1 is 1.33 bits per heavy atom. The molecule has 1 aromatic rings. The fraction of sp³-hybridized carbons (Fsp3) is 0.533. The van der Waals surface area contributed by atoms with E-state index in [0.29, 0.717) is 31.3 Å². The van der Waals surface area contributed by atoms with Gasteiger partial charge in [-0.2, -0.15) is 0 Å². The summed E-state index contributed by atoms with van der Waals surface area (Å²) >= 11 is 0. The molecule has 3 N–H and O–H groups in total. The van der Waals surface area contributed by atoms with Gasteiger partial charge < -0.3 is 25.4 Å². The third kappa shape index (κ3) is 4.34. The van der Waals surface area contributed by atoms with Crippen LogP contribution in [0.25, 0.3) is 0 Å². The molecule has 0 aromatic heterocycles. The van der Waals surface area contributed by atoms with Crippen LogP contribution < -0.4 is 20.5 Å². The van der Waals surface area contributed by atoms with Crippen LogP contribution in [-0.2, 0) is 4.79 Å². The average molecular weight is 293 g/mol. The number of nitrogens with one attached hydrogen (secondary N) is 1. The van der Waals surface area contributed by atoms with E-state index in [1.807, 2.05) is 37.2 Å². The predicted octanol–water partition coefficient (Wildman–Crippen LogP) is 0.526. The molecule has 0 radical (unpaired) electrons. The van der Waals surface area contributed by atoms with Crippen molar-refractivity contribution in [2.75, 3.05) is 40.4 Å². The smallest absolute Gasteiger partial charge is 0.239 e. The lowest BCUT2D eigenvalue weighted by atomic mass is 10.1. The van der Waals surface area contributed by atoms with Crippen LogP contribution in [-0.4, -0.2) is 51.2 Å². The number of carbonyl (C=O) groups excluding carboxylic acids is 1. The molecule has 6 nitrogen and oxygen atoms in total. The van der Waals surface area contributed by atoms with Crippen LogP contribution in [0.4, 0.5) is 0 Å². The molecule has 1 unspecified atom stereocenters. The first kappa shape index (κ1) is 15.6. The van der Waals surface area contributed by atoms with Crippen molar-refractivity contribution in [3.05, 3.63) is 23.8 Å². The summed E-state index contributed by atoms with van der Waals surface area (Å²) in [5.74, 6) is 0.988. The molecule has 0 spiro atoms. The molecule has 1 heterocycles. The van der Waals surface area contributed by atoms with Crippen LogP contribution in [0.3, 0.4) is 0 Å². The monoisotopic (exact) mass is 293 g/mol. The number of benzene rings is 1. The fourth-order valence-corrected chi connectivity index (χ4v) is 2.17. The van der Waals surface area contributed by atoms with Gasteiger partial charge in [0.05, 0.1) is 13.2 Å². The second-order valence-corrected chi connectivity index (χ2v) is 5.35. The zero-order valence-corrected chi connectivity index (χ0v) is 12.6. The average Bonchev–Trinajstić information content (AvgIpc) is 2.67. The molecule has 1 aliphatic heterocycles. The molecule has 0 saturated heterocycles. The lowest BCUT2D eigenvalue weighted by Gasteiger charge is -2.19. The summed E-state index contributed by atoms with van der Waals surface area (Å²) in [5.41, 5.74) is 6.30. The van der Waals surface area contributed by atoms with E-state index < -0.39 is 11.9 Å². The molecule has 1 aliphatic rings. The summed E-state index contributed by atoms with van der Waals surface area (Å²) in [4.78, 5) is 13.7. The number of ether oxygens (including phenoxy) is 2. The molecule has 21 heavy (non-hydrogen) atoms. The minimum atomic E-state index is -0.526. The molecule has 116 valence electrons. The van der Waals surface area contributed by atoms with Gasteiger partial charge in [-0.3, -0.25) is 4.79 Å². The molecule has 0 aliphatic carbocycles. The molecule has 1 amide bonds. The maximum absolute atomic E-state index is 11.7. The van der Waals surface area contributed by atoms with Gasteiger partial charge in [-0.1, -0.05) is 6.07 Å². The summed E-state index contributed by atoms with van der Waals surface area (Å²) in [6, 6.07) is 4.99. The highest BCUT2D eigenvalue weighted by Gasteiger charge is 2.20. The molecule has 0 bridgehead atoms. The van der Waals surface area contributed by atoms with Gasteiger partial charge in [0.25, 0.3) is 0 Å². The standard InChI is InChI=1S/C15H23N3O3/c1-18(2)7-6-17-14(15(16)19)11-4-5-12-13(10-11)21-9-3-8-20-12/h4-5,10,14,17H,3,6-9H2,1-2H3,(H2,16,19). The first-order valence-electron chi connectivity index (χ1n) is 7.15. The van der Waals surface area contributed by atoms with E-state index in [1.165, 1.54) is 0 Å². The Morgan fingerprint density at radius 2 is 2.05 bits per heavy atom. The minimum Gasteiger partial charge on any atom is -0.490 e. The largest absolute Gasteiger partial charge is 0.490 e. The highest BCUT2D eigenvalue weighted by Crippen LogP contribution is 2.32. The molecule has 1 aromatic carbocycles. The van der Waals surface area contributed by atoms with Crippen molar-refractivity contribution in [2.24, 2.45) is 5.73 Å². The van der Waals surface area contributed by atoms with Crippen LogP contribution in [0.2, 0.25) is 0 Å². The summed E-state index contributed by atoms with van der Waals surface area (Å²) in [7, 11) is 3.96. The Labute approximate surface area is 125 Å². The Bertz CT molecular complexity index is 491. The summed E-state index contributed by atoms with van der Waals surface area (Å²) in [6.45, 7) is 2.77. The van der Waals surface area contributed by atoms with Gasteiger partial charge >= 0.3 is 0 Å². The van der Waals surface area contributed by atoms with Crippen LogP contribution in [0.5, 0.6) is 11.5 Å². The summed E-state index contributed by atoms with van der Waals surface area (Å²) < 4.78 is 11.2. The van der Waals surface area contributed by atoms with Crippen molar-refractivity contribution in [2.45, 2.75) is 12.5 Å². The Balaban J connectivity index is 2.12.